The quantitative estimate of drug-likeness (QED) is 0.0859. The molecule has 0 saturated heterocycles. The van der Waals surface area contributed by atoms with Crippen LogP contribution in [0.3, 0.4) is 0 Å². The Bertz CT molecular complexity index is 1770. The standard InChI is InChI=1S/C45H57NO6S/c1-7-25-49-45-41(53-35-16-9-8-10-17-35)29-39(46-52-44(4,5)6)37-27-32(15-11-13-23-47)36(18-12-14-24-48)42(43(37)45)38-28-34(21-22-40(38)51-45)50-33-20-19-30(2)31(3)26-33/h7-10,16-17,19-22,26-28,32,36,41-43,47-48H,1,11-15,18,23-25,29H2,2-6H3/t32-,36+,41-,42+,43+,45+/m0/s1. The number of allylic oxidation sites excluding steroid dienone is 1. The topological polar surface area (TPSA) is 89.7 Å². The molecular formula is C45H57NO6S. The van der Waals surface area contributed by atoms with Crippen LogP contribution in [0.5, 0.6) is 17.2 Å². The van der Waals surface area contributed by atoms with Crippen LogP contribution in [0.25, 0.3) is 0 Å². The van der Waals surface area contributed by atoms with Crippen LogP contribution >= 0.6 is 11.8 Å². The van der Waals surface area contributed by atoms with Gasteiger partial charge in [0.25, 0.3) is 0 Å². The summed E-state index contributed by atoms with van der Waals surface area (Å²) in [6.07, 6.45) is 9.99. The third-order valence-electron chi connectivity index (χ3n) is 10.8. The SMILES string of the molecule is C=CCO[C@@]12Oc3ccc(Oc4ccc(C)c(C)c4)cc3[C@H]3[C@H](CCCCO)[C@@H](CCCCO)C=C(C(=NOC(C)(C)C)C[C@@H]1Sc1ccccc1)[C@H]32. The Morgan fingerprint density at radius 2 is 1.64 bits per heavy atom. The summed E-state index contributed by atoms with van der Waals surface area (Å²) in [7, 11) is 0. The zero-order valence-electron chi connectivity index (χ0n) is 32.1. The highest BCUT2D eigenvalue weighted by Gasteiger charge is 2.64. The third kappa shape index (κ3) is 8.88. The van der Waals surface area contributed by atoms with E-state index in [2.05, 4.69) is 75.0 Å². The molecule has 2 aliphatic carbocycles. The number of hydrogen-bond donors (Lipinski definition) is 2. The maximum Gasteiger partial charge on any atom is 0.231 e. The molecule has 3 aliphatic rings. The Hall–Kier alpha value is -3.56. The zero-order valence-corrected chi connectivity index (χ0v) is 32.9. The fraction of sp³-hybridized carbons (Fsp3) is 0.489. The lowest BCUT2D eigenvalue weighted by Crippen LogP contribution is -2.64. The summed E-state index contributed by atoms with van der Waals surface area (Å²) in [6.45, 7) is 15.0. The number of thioether (sulfide) groups is 1. The van der Waals surface area contributed by atoms with Crippen molar-refractivity contribution in [3.05, 3.63) is 108 Å². The van der Waals surface area contributed by atoms with Gasteiger partial charge in [-0.2, -0.15) is 0 Å². The molecule has 7 nitrogen and oxygen atoms in total. The van der Waals surface area contributed by atoms with Gasteiger partial charge in [-0.3, -0.25) is 0 Å². The first kappa shape index (κ1) is 39.1. The number of aliphatic hydroxyl groups excluding tert-OH is 2. The van der Waals surface area contributed by atoms with Gasteiger partial charge in [0.2, 0.25) is 5.79 Å². The highest BCUT2D eigenvalue weighted by molar-refractivity contribution is 8.00. The van der Waals surface area contributed by atoms with E-state index < -0.39 is 11.4 Å². The Balaban J connectivity index is 1.56. The van der Waals surface area contributed by atoms with Gasteiger partial charge in [0.05, 0.1) is 23.5 Å². The number of aliphatic hydroxyl groups is 2. The summed E-state index contributed by atoms with van der Waals surface area (Å²) in [5.41, 5.74) is 5.07. The number of rotatable bonds is 16. The van der Waals surface area contributed by atoms with Gasteiger partial charge in [-0.1, -0.05) is 54.4 Å². The summed E-state index contributed by atoms with van der Waals surface area (Å²) < 4.78 is 20.9. The van der Waals surface area contributed by atoms with Gasteiger partial charge in [0, 0.05) is 36.0 Å². The third-order valence-corrected chi connectivity index (χ3v) is 12.1. The molecule has 0 radical (unpaired) electrons. The van der Waals surface area contributed by atoms with Crippen LogP contribution < -0.4 is 9.47 Å². The lowest BCUT2D eigenvalue weighted by Gasteiger charge is -2.58. The van der Waals surface area contributed by atoms with Crippen LogP contribution in [0.15, 0.2) is 101 Å². The van der Waals surface area contributed by atoms with E-state index in [1.165, 1.54) is 11.1 Å². The minimum atomic E-state index is -1.04. The number of ether oxygens (including phenoxy) is 3. The Morgan fingerprint density at radius 1 is 0.925 bits per heavy atom. The van der Waals surface area contributed by atoms with Crippen molar-refractivity contribution in [2.75, 3.05) is 19.8 Å². The molecule has 3 aromatic carbocycles. The van der Waals surface area contributed by atoms with Gasteiger partial charge in [0.1, 0.15) is 22.8 Å². The molecule has 2 N–H and O–H groups in total. The molecule has 0 spiro atoms. The lowest BCUT2D eigenvalue weighted by atomic mass is 9.56. The van der Waals surface area contributed by atoms with E-state index in [1.54, 1.807) is 11.8 Å². The van der Waals surface area contributed by atoms with Crippen molar-refractivity contribution in [2.24, 2.45) is 22.9 Å². The maximum atomic E-state index is 9.90. The fourth-order valence-electron chi connectivity index (χ4n) is 8.26. The molecule has 284 valence electrons. The minimum Gasteiger partial charge on any atom is -0.460 e. The maximum absolute atomic E-state index is 9.90. The average molecular weight is 740 g/mol. The highest BCUT2D eigenvalue weighted by Crippen LogP contribution is 2.63. The van der Waals surface area contributed by atoms with Crippen LogP contribution in [-0.4, -0.2) is 52.4 Å². The Morgan fingerprint density at radius 3 is 2.34 bits per heavy atom. The summed E-state index contributed by atoms with van der Waals surface area (Å²) in [6, 6.07) is 22.9. The van der Waals surface area contributed by atoms with E-state index in [-0.39, 0.29) is 42.1 Å². The number of benzene rings is 3. The van der Waals surface area contributed by atoms with E-state index in [9.17, 15) is 10.2 Å². The molecule has 1 aliphatic heterocycles. The number of hydrogen-bond acceptors (Lipinski definition) is 8. The van der Waals surface area contributed by atoms with Crippen LogP contribution in [-0.2, 0) is 9.57 Å². The minimum absolute atomic E-state index is 0.0105. The molecule has 0 unspecified atom stereocenters. The number of unbranched alkanes of at least 4 members (excludes halogenated alkanes) is 2. The first-order valence-corrected chi connectivity index (χ1v) is 20.2. The van der Waals surface area contributed by atoms with E-state index in [0.29, 0.717) is 13.0 Å². The predicted octanol–water partition coefficient (Wildman–Crippen LogP) is 10.3. The Labute approximate surface area is 320 Å². The lowest BCUT2D eigenvalue weighted by molar-refractivity contribution is -0.223. The summed E-state index contributed by atoms with van der Waals surface area (Å²) in [5, 5.41) is 24.5. The molecule has 6 rings (SSSR count). The first-order valence-electron chi connectivity index (χ1n) is 19.3. The van der Waals surface area contributed by atoms with Crippen molar-refractivity contribution >= 4 is 17.5 Å². The van der Waals surface area contributed by atoms with Crippen molar-refractivity contribution in [1.82, 2.24) is 0 Å². The molecule has 3 aromatic rings. The second kappa shape index (κ2) is 17.3. The highest BCUT2D eigenvalue weighted by atomic mass is 32.2. The van der Waals surface area contributed by atoms with Crippen molar-refractivity contribution in [1.29, 1.82) is 0 Å². The van der Waals surface area contributed by atoms with Gasteiger partial charge in [-0.05, 0) is 131 Å². The average Bonchev–Trinajstić information content (AvgIpc) is 3.14. The second-order valence-corrected chi connectivity index (χ2v) is 17.0. The zero-order chi connectivity index (χ0) is 37.6. The molecule has 1 heterocycles. The summed E-state index contributed by atoms with van der Waals surface area (Å²) >= 11 is 1.76. The Kier molecular flexibility index (Phi) is 12.8. The molecule has 6 atom stereocenters. The van der Waals surface area contributed by atoms with Crippen LogP contribution in [0.2, 0.25) is 0 Å². The van der Waals surface area contributed by atoms with Crippen LogP contribution in [0, 0.1) is 31.6 Å². The number of oxime groups is 1. The predicted molar refractivity (Wildman–Crippen MR) is 214 cm³/mol. The molecule has 0 amide bonds. The van der Waals surface area contributed by atoms with Gasteiger partial charge < -0.3 is 29.3 Å². The van der Waals surface area contributed by atoms with E-state index in [0.717, 1.165) is 77.5 Å². The van der Waals surface area contributed by atoms with Gasteiger partial charge in [0.15, 0.2) is 0 Å². The number of fused-ring (bicyclic) bond motifs is 2. The van der Waals surface area contributed by atoms with Crippen molar-refractivity contribution in [3.63, 3.8) is 0 Å². The molecule has 53 heavy (non-hydrogen) atoms. The van der Waals surface area contributed by atoms with Gasteiger partial charge in [-0.25, -0.2) is 0 Å². The van der Waals surface area contributed by atoms with Gasteiger partial charge >= 0.3 is 0 Å². The number of aryl methyl sites for hydroxylation is 2. The molecule has 1 saturated carbocycles. The molecule has 1 fully saturated rings. The van der Waals surface area contributed by atoms with Crippen molar-refractivity contribution < 1.29 is 29.3 Å². The summed E-state index contributed by atoms with van der Waals surface area (Å²) in [5.74, 6) is 1.52. The van der Waals surface area contributed by atoms with E-state index >= 15 is 0 Å². The monoisotopic (exact) mass is 739 g/mol. The largest absolute Gasteiger partial charge is 0.460 e. The number of nitrogens with zero attached hydrogens (tertiary/aromatic N) is 1. The molecule has 0 bridgehead atoms. The van der Waals surface area contributed by atoms with E-state index in [1.807, 2.05) is 45.0 Å². The molecular weight excluding hydrogens is 683 g/mol. The molecule has 8 heteroatoms. The summed E-state index contributed by atoms with van der Waals surface area (Å²) in [4.78, 5) is 7.35. The van der Waals surface area contributed by atoms with Gasteiger partial charge in [-0.15, -0.1) is 18.3 Å². The first-order chi connectivity index (χ1) is 25.6. The van der Waals surface area contributed by atoms with Crippen LogP contribution in [0.1, 0.15) is 88.3 Å². The second-order valence-electron chi connectivity index (χ2n) is 15.7. The molecule has 0 aromatic heterocycles. The normalized spacial score (nSPS) is 25.5. The smallest absolute Gasteiger partial charge is 0.231 e. The van der Waals surface area contributed by atoms with Crippen LogP contribution in [0.4, 0.5) is 0 Å². The van der Waals surface area contributed by atoms with E-state index in [4.69, 9.17) is 24.2 Å². The fourth-order valence-corrected chi connectivity index (χ4v) is 9.57. The van der Waals surface area contributed by atoms with Crippen molar-refractivity contribution in [3.8, 4) is 17.2 Å². The van der Waals surface area contributed by atoms with Crippen molar-refractivity contribution in [2.45, 2.75) is 107 Å².